The normalized spacial score (nSPS) is 40.5. The molecule has 3 heteroatoms. The summed E-state index contributed by atoms with van der Waals surface area (Å²) in [5.74, 6) is 1.47. The number of carbonyl (C=O) groups excluding carboxylic acids is 1. The zero-order chi connectivity index (χ0) is 12.4. The molecule has 1 saturated carbocycles. The van der Waals surface area contributed by atoms with E-state index in [-0.39, 0.29) is 5.92 Å². The number of ether oxygens (including phenoxy) is 1. The Morgan fingerprint density at radius 1 is 1.35 bits per heavy atom. The van der Waals surface area contributed by atoms with Crippen molar-refractivity contribution in [3.8, 4) is 0 Å². The number of hydrogen-bond acceptors (Lipinski definition) is 3. The first-order chi connectivity index (χ1) is 8.06. The molecule has 0 spiro atoms. The fourth-order valence-corrected chi connectivity index (χ4v) is 3.01. The van der Waals surface area contributed by atoms with Crippen molar-refractivity contribution in [2.45, 2.75) is 52.2 Å². The molecule has 3 nitrogen and oxygen atoms in total. The van der Waals surface area contributed by atoms with Crippen molar-refractivity contribution in [3.05, 3.63) is 0 Å². The summed E-state index contributed by atoms with van der Waals surface area (Å²) < 4.78 is 5.63. The zero-order valence-electron chi connectivity index (χ0n) is 11.3. The van der Waals surface area contributed by atoms with E-state index in [9.17, 15) is 4.79 Å². The van der Waals surface area contributed by atoms with E-state index in [4.69, 9.17) is 4.74 Å². The molecule has 2 rings (SSSR count). The third kappa shape index (κ3) is 3.29. The largest absolute Gasteiger partial charge is 0.376 e. The average molecular weight is 239 g/mol. The molecule has 1 aliphatic heterocycles. The van der Waals surface area contributed by atoms with Gasteiger partial charge in [0.2, 0.25) is 0 Å². The van der Waals surface area contributed by atoms with Gasteiger partial charge < -0.3 is 4.74 Å². The molecule has 0 aromatic heterocycles. The standard InChI is InChI=1S/C14H25NO2/c1-10-4-5-14(16)13(6-10)8-15-7-12(3)17-9-11(15)2/h10-13H,4-9H2,1-3H3. The van der Waals surface area contributed by atoms with Crippen LogP contribution in [0.25, 0.3) is 0 Å². The summed E-state index contributed by atoms with van der Waals surface area (Å²) in [6.07, 6.45) is 3.27. The summed E-state index contributed by atoms with van der Waals surface area (Å²) in [5.41, 5.74) is 0. The summed E-state index contributed by atoms with van der Waals surface area (Å²) in [6, 6.07) is 0.455. The number of hydrogen-bond donors (Lipinski definition) is 0. The van der Waals surface area contributed by atoms with E-state index in [0.717, 1.165) is 39.0 Å². The van der Waals surface area contributed by atoms with Gasteiger partial charge in [-0.25, -0.2) is 0 Å². The molecule has 0 amide bonds. The van der Waals surface area contributed by atoms with Crippen molar-refractivity contribution in [2.75, 3.05) is 19.7 Å². The molecule has 0 N–H and O–H groups in total. The topological polar surface area (TPSA) is 29.5 Å². The van der Waals surface area contributed by atoms with Crippen LogP contribution in [0.2, 0.25) is 0 Å². The van der Waals surface area contributed by atoms with Crippen LogP contribution in [-0.4, -0.2) is 42.5 Å². The van der Waals surface area contributed by atoms with Gasteiger partial charge in [0, 0.05) is 31.5 Å². The highest BCUT2D eigenvalue weighted by Crippen LogP contribution is 2.27. The van der Waals surface area contributed by atoms with E-state index in [1.807, 2.05) is 0 Å². The van der Waals surface area contributed by atoms with Crippen molar-refractivity contribution < 1.29 is 9.53 Å². The fourth-order valence-electron chi connectivity index (χ4n) is 3.01. The van der Waals surface area contributed by atoms with Crippen LogP contribution in [-0.2, 0) is 9.53 Å². The molecule has 1 heterocycles. The Labute approximate surface area is 105 Å². The van der Waals surface area contributed by atoms with E-state index in [2.05, 4.69) is 25.7 Å². The fraction of sp³-hybridized carbons (Fsp3) is 0.929. The highest BCUT2D eigenvalue weighted by Gasteiger charge is 2.31. The molecule has 0 radical (unpaired) electrons. The number of Topliss-reactive ketones (excluding diaryl/α,β-unsaturated/α-hetero) is 1. The van der Waals surface area contributed by atoms with Gasteiger partial charge in [-0.3, -0.25) is 9.69 Å². The Kier molecular flexibility index (Phi) is 4.21. The van der Waals surface area contributed by atoms with Crippen LogP contribution in [0, 0.1) is 11.8 Å². The lowest BCUT2D eigenvalue weighted by atomic mass is 9.81. The second-order valence-electron chi connectivity index (χ2n) is 5.99. The van der Waals surface area contributed by atoms with Crippen LogP contribution in [0.4, 0.5) is 0 Å². The maximum atomic E-state index is 11.9. The second-order valence-corrected chi connectivity index (χ2v) is 5.99. The van der Waals surface area contributed by atoms with Crippen LogP contribution >= 0.6 is 0 Å². The van der Waals surface area contributed by atoms with E-state index in [0.29, 0.717) is 23.8 Å². The number of morpholine rings is 1. The van der Waals surface area contributed by atoms with Crippen LogP contribution in [0.5, 0.6) is 0 Å². The van der Waals surface area contributed by atoms with Gasteiger partial charge in [0.1, 0.15) is 5.78 Å². The zero-order valence-corrected chi connectivity index (χ0v) is 11.3. The lowest BCUT2D eigenvalue weighted by Gasteiger charge is -2.39. The van der Waals surface area contributed by atoms with Gasteiger partial charge in [0.15, 0.2) is 0 Å². The second kappa shape index (κ2) is 5.49. The van der Waals surface area contributed by atoms with Gasteiger partial charge in [-0.2, -0.15) is 0 Å². The van der Waals surface area contributed by atoms with Crippen LogP contribution < -0.4 is 0 Å². The van der Waals surface area contributed by atoms with Gasteiger partial charge in [-0.15, -0.1) is 0 Å². The summed E-state index contributed by atoms with van der Waals surface area (Å²) in [6.45, 7) is 9.30. The Hall–Kier alpha value is -0.410. The summed E-state index contributed by atoms with van der Waals surface area (Å²) in [5, 5.41) is 0. The molecule has 2 aliphatic rings. The molecule has 4 atom stereocenters. The van der Waals surface area contributed by atoms with Crippen LogP contribution in [0.3, 0.4) is 0 Å². The third-order valence-electron chi connectivity index (χ3n) is 4.22. The summed E-state index contributed by atoms with van der Waals surface area (Å²) in [4.78, 5) is 14.4. The van der Waals surface area contributed by atoms with Crippen LogP contribution in [0.1, 0.15) is 40.0 Å². The monoisotopic (exact) mass is 239 g/mol. The van der Waals surface area contributed by atoms with Gasteiger partial charge in [-0.1, -0.05) is 6.92 Å². The molecule has 2 fully saturated rings. The van der Waals surface area contributed by atoms with Gasteiger partial charge in [0.25, 0.3) is 0 Å². The Bertz CT molecular complexity index is 279. The minimum Gasteiger partial charge on any atom is -0.376 e. The molecule has 17 heavy (non-hydrogen) atoms. The molecule has 0 aromatic carbocycles. The molecule has 1 saturated heterocycles. The predicted octanol–water partition coefficient (Wildman–Crippen LogP) is 2.10. The number of nitrogens with zero attached hydrogens (tertiary/aromatic N) is 1. The first-order valence-electron chi connectivity index (χ1n) is 6.94. The quantitative estimate of drug-likeness (QED) is 0.739. The molecule has 1 aliphatic carbocycles. The maximum Gasteiger partial charge on any atom is 0.137 e. The van der Waals surface area contributed by atoms with E-state index < -0.39 is 0 Å². The lowest BCUT2D eigenvalue weighted by Crippen LogP contribution is -2.50. The SMILES string of the molecule is CC1CCC(=O)C(CN2CC(C)OCC2C)C1. The number of carbonyl (C=O) groups is 1. The average Bonchev–Trinajstić information content (AvgIpc) is 2.28. The van der Waals surface area contributed by atoms with Gasteiger partial charge in [-0.05, 0) is 32.6 Å². The van der Waals surface area contributed by atoms with Gasteiger partial charge >= 0.3 is 0 Å². The van der Waals surface area contributed by atoms with E-state index >= 15 is 0 Å². The number of rotatable bonds is 2. The van der Waals surface area contributed by atoms with Crippen molar-refractivity contribution in [3.63, 3.8) is 0 Å². The van der Waals surface area contributed by atoms with Crippen molar-refractivity contribution >= 4 is 5.78 Å². The highest BCUT2D eigenvalue weighted by atomic mass is 16.5. The first kappa shape index (κ1) is 13.0. The predicted molar refractivity (Wildman–Crippen MR) is 68.0 cm³/mol. The Morgan fingerprint density at radius 3 is 2.88 bits per heavy atom. The Morgan fingerprint density at radius 2 is 2.12 bits per heavy atom. The molecule has 98 valence electrons. The van der Waals surface area contributed by atoms with Gasteiger partial charge in [0.05, 0.1) is 12.7 Å². The molecule has 0 bridgehead atoms. The Balaban J connectivity index is 1.92. The summed E-state index contributed by atoms with van der Waals surface area (Å²) >= 11 is 0. The smallest absolute Gasteiger partial charge is 0.137 e. The summed E-state index contributed by atoms with van der Waals surface area (Å²) in [7, 11) is 0. The molecular formula is C14H25NO2. The third-order valence-corrected chi connectivity index (χ3v) is 4.22. The van der Waals surface area contributed by atoms with Crippen LogP contribution in [0.15, 0.2) is 0 Å². The van der Waals surface area contributed by atoms with Crippen molar-refractivity contribution in [1.82, 2.24) is 4.90 Å². The first-order valence-corrected chi connectivity index (χ1v) is 6.94. The van der Waals surface area contributed by atoms with Crippen molar-refractivity contribution in [1.29, 1.82) is 0 Å². The minimum atomic E-state index is 0.270. The van der Waals surface area contributed by atoms with E-state index in [1.54, 1.807) is 0 Å². The molecule has 0 aromatic rings. The lowest BCUT2D eigenvalue weighted by molar-refractivity contribution is -0.128. The number of ketones is 1. The highest BCUT2D eigenvalue weighted by molar-refractivity contribution is 5.81. The van der Waals surface area contributed by atoms with E-state index in [1.165, 1.54) is 0 Å². The maximum absolute atomic E-state index is 11.9. The molecular weight excluding hydrogens is 214 g/mol. The minimum absolute atomic E-state index is 0.270. The van der Waals surface area contributed by atoms with Crippen molar-refractivity contribution in [2.24, 2.45) is 11.8 Å². The molecule has 4 unspecified atom stereocenters.